The molecule has 26 heavy (non-hydrogen) atoms. The van der Waals surface area contributed by atoms with E-state index in [0.29, 0.717) is 23.1 Å². The molecule has 2 aromatic heterocycles. The summed E-state index contributed by atoms with van der Waals surface area (Å²) in [6.45, 7) is 2.57. The van der Waals surface area contributed by atoms with Crippen LogP contribution < -0.4 is 5.32 Å². The molecule has 0 saturated heterocycles. The van der Waals surface area contributed by atoms with Gasteiger partial charge in [-0.3, -0.25) is 14.2 Å². The van der Waals surface area contributed by atoms with Crippen molar-refractivity contribution >= 4 is 34.9 Å². The Morgan fingerprint density at radius 2 is 1.96 bits per heavy atom. The van der Waals surface area contributed by atoms with Crippen LogP contribution in [0.2, 0.25) is 10.0 Å². The first-order chi connectivity index (χ1) is 12.4. The van der Waals surface area contributed by atoms with Gasteiger partial charge in [-0.15, -0.1) is 0 Å². The molecule has 1 atom stereocenters. The van der Waals surface area contributed by atoms with Gasteiger partial charge in [0, 0.05) is 12.4 Å². The van der Waals surface area contributed by atoms with Gasteiger partial charge in [-0.25, -0.2) is 4.39 Å². The second kappa shape index (κ2) is 7.88. The van der Waals surface area contributed by atoms with Gasteiger partial charge in [-0.05, 0) is 17.7 Å². The summed E-state index contributed by atoms with van der Waals surface area (Å²) < 4.78 is 16.2. The summed E-state index contributed by atoms with van der Waals surface area (Å²) in [5, 5.41) is 11.9. The van der Waals surface area contributed by atoms with Gasteiger partial charge in [-0.1, -0.05) is 42.3 Å². The molecule has 0 aliphatic carbocycles. The molecule has 3 rings (SSSR count). The van der Waals surface area contributed by atoms with Gasteiger partial charge in [0.1, 0.15) is 10.8 Å². The third-order valence-electron chi connectivity index (χ3n) is 3.73. The van der Waals surface area contributed by atoms with E-state index in [9.17, 15) is 9.18 Å². The maximum absolute atomic E-state index is 13.0. The van der Waals surface area contributed by atoms with Crippen LogP contribution >= 0.6 is 23.2 Å². The molecule has 2 heterocycles. The van der Waals surface area contributed by atoms with Crippen molar-refractivity contribution < 1.29 is 9.18 Å². The highest BCUT2D eigenvalue weighted by Gasteiger charge is 2.17. The van der Waals surface area contributed by atoms with Crippen molar-refractivity contribution in [1.82, 2.24) is 19.6 Å². The molecule has 9 heteroatoms. The highest BCUT2D eigenvalue weighted by Crippen LogP contribution is 2.21. The van der Waals surface area contributed by atoms with E-state index in [0.717, 1.165) is 5.56 Å². The van der Waals surface area contributed by atoms with Crippen LogP contribution in [0.3, 0.4) is 0 Å². The highest BCUT2D eigenvalue weighted by atomic mass is 35.5. The number of aromatic nitrogens is 4. The topological polar surface area (TPSA) is 64.7 Å². The van der Waals surface area contributed by atoms with Gasteiger partial charge in [0.25, 0.3) is 0 Å². The summed E-state index contributed by atoms with van der Waals surface area (Å²) in [7, 11) is 0. The molecule has 136 valence electrons. The first-order valence-electron chi connectivity index (χ1n) is 7.87. The fourth-order valence-corrected chi connectivity index (χ4v) is 2.74. The van der Waals surface area contributed by atoms with Crippen LogP contribution in [0.4, 0.5) is 10.2 Å². The summed E-state index contributed by atoms with van der Waals surface area (Å²) in [5.74, 6) is -0.605. The molecular weight excluding hydrogens is 380 g/mol. The molecule has 0 bridgehead atoms. The molecule has 1 aromatic carbocycles. The SMILES string of the molecule is CC(Cn1cc(Cl)cn1)C(=O)Nc1nn(Cc2ccc(F)cc2)cc1Cl. The van der Waals surface area contributed by atoms with Gasteiger partial charge in [0.05, 0.1) is 30.2 Å². The Kier molecular flexibility index (Phi) is 5.58. The Hall–Kier alpha value is -2.38. The Morgan fingerprint density at radius 1 is 1.23 bits per heavy atom. The van der Waals surface area contributed by atoms with E-state index in [4.69, 9.17) is 23.2 Å². The maximum atomic E-state index is 13.0. The lowest BCUT2D eigenvalue weighted by Gasteiger charge is -2.11. The summed E-state index contributed by atoms with van der Waals surface area (Å²) in [6.07, 6.45) is 4.77. The number of carbonyl (C=O) groups excluding carboxylic acids is 1. The lowest BCUT2D eigenvalue weighted by Crippen LogP contribution is -2.25. The zero-order chi connectivity index (χ0) is 18.7. The van der Waals surface area contributed by atoms with Crippen LogP contribution in [-0.2, 0) is 17.9 Å². The van der Waals surface area contributed by atoms with Crippen molar-refractivity contribution in [2.24, 2.45) is 5.92 Å². The van der Waals surface area contributed by atoms with Crippen molar-refractivity contribution in [3.05, 3.63) is 64.3 Å². The molecule has 0 fully saturated rings. The van der Waals surface area contributed by atoms with E-state index in [1.165, 1.54) is 18.3 Å². The minimum atomic E-state index is -0.357. The molecule has 6 nitrogen and oxygen atoms in total. The standard InChI is InChI=1S/C17H16Cl2FN5O/c1-11(7-24-9-13(18)6-21-24)17(26)22-16-15(19)10-25(23-16)8-12-2-4-14(20)5-3-12/h2-6,9-11H,7-8H2,1H3,(H,22,23,26). The van der Waals surface area contributed by atoms with Crippen LogP contribution in [0.15, 0.2) is 42.9 Å². The monoisotopic (exact) mass is 395 g/mol. The molecule has 1 unspecified atom stereocenters. The molecule has 3 aromatic rings. The summed E-state index contributed by atoms with van der Waals surface area (Å²) in [6, 6.07) is 6.10. The third kappa shape index (κ3) is 4.62. The van der Waals surface area contributed by atoms with Gasteiger partial charge in [0.15, 0.2) is 5.82 Å². The van der Waals surface area contributed by atoms with Crippen LogP contribution in [0.1, 0.15) is 12.5 Å². The molecule has 0 aliphatic heterocycles. The zero-order valence-corrected chi connectivity index (χ0v) is 15.4. The number of nitrogens with zero attached hydrogens (tertiary/aromatic N) is 4. The van der Waals surface area contributed by atoms with Crippen LogP contribution in [0, 0.1) is 11.7 Å². The lowest BCUT2D eigenvalue weighted by molar-refractivity contribution is -0.119. The Morgan fingerprint density at radius 3 is 2.62 bits per heavy atom. The Bertz CT molecular complexity index is 906. The normalized spacial score (nSPS) is 12.2. The molecule has 0 spiro atoms. The summed E-state index contributed by atoms with van der Waals surface area (Å²) in [4.78, 5) is 12.3. The first kappa shape index (κ1) is 18.4. The fraction of sp³-hybridized carbons (Fsp3) is 0.235. The minimum absolute atomic E-state index is 0.231. The van der Waals surface area contributed by atoms with Crippen LogP contribution in [0.5, 0.6) is 0 Å². The first-order valence-corrected chi connectivity index (χ1v) is 8.62. The smallest absolute Gasteiger partial charge is 0.230 e. The van der Waals surface area contributed by atoms with Crippen molar-refractivity contribution in [1.29, 1.82) is 0 Å². The number of hydrogen-bond acceptors (Lipinski definition) is 3. The van der Waals surface area contributed by atoms with Gasteiger partial charge in [-0.2, -0.15) is 10.2 Å². The second-order valence-electron chi connectivity index (χ2n) is 5.92. The quantitative estimate of drug-likeness (QED) is 0.689. The van der Waals surface area contributed by atoms with E-state index in [-0.39, 0.29) is 23.5 Å². The highest BCUT2D eigenvalue weighted by molar-refractivity contribution is 6.33. The molecule has 0 aliphatic rings. The molecule has 0 radical (unpaired) electrons. The van der Waals surface area contributed by atoms with Crippen molar-refractivity contribution in [2.75, 3.05) is 5.32 Å². The minimum Gasteiger partial charge on any atom is -0.308 e. The van der Waals surface area contributed by atoms with Crippen molar-refractivity contribution in [3.63, 3.8) is 0 Å². The predicted molar refractivity (Wildman–Crippen MR) is 97.8 cm³/mol. The van der Waals surface area contributed by atoms with E-state index in [1.807, 2.05) is 0 Å². The van der Waals surface area contributed by atoms with E-state index < -0.39 is 0 Å². The van der Waals surface area contributed by atoms with E-state index in [2.05, 4.69) is 15.5 Å². The molecular formula is C17H16Cl2FN5O. The number of halogens is 3. The van der Waals surface area contributed by atoms with Gasteiger partial charge >= 0.3 is 0 Å². The molecule has 1 N–H and O–H groups in total. The summed E-state index contributed by atoms with van der Waals surface area (Å²) >= 11 is 12.0. The van der Waals surface area contributed by atoms with E-state index >= 15 is 0 Å². The molecule has 1 amide bonds. The average Bonchev–Trinajstić information content (AvgIpc) is 3.15. The number of hydrogen-bond donors (Lipinski definition) is 1. The van der Waals surface area contributed by atoms with Gasteiger partial charge < -0.3 is 5.32 Å². The number of anilines is 1. The number of carbonyl (C=O) groups is 1. The maximum Gasteiger partial charge on any atom is 0.230 e. The Labute approximate surface area is 159 Å². The van der Waals surface area contributed by atoms with E-state index in [1.54, 1.807) is 40.8 Å². The zero-order valence-electron chi connectivity index (χ0n) is 13.9. The lowest BCUT2D eigenvalue weighted by atomic mass is 10.1. The second-order valence-corrected chi connectivity index (χ2v) is 6.76. The van der Waals surface area contributed by atoms with Gasteiger partial charge in [0.2, 0.25) is 5.91 Å². The molecule has 0 saturated carbocycles. The fourth-order valence-electron chi connectivity index (χ4n) is 2.38. The third-order valence-corrected chi connectivity index (χ3v) is 4.20. The van der Waals surface area contributed by atoms with Crippen molar-refractivity contribution in [3.8, 4) is 0 Å². The average molecular weight is 396 g/mol. The number of rotatable bonds is 6. The number of nitrogens with one attached hydrogen (secondary N) is 1. The van der Waals surface area contributed by atoms with Crippen LogP contribution in [-0.4, -0.2) is 25.5 Å². The van der Waals surface area contributed by atoms with Crippen LogP contribution in [0.25, 0.3) is 0 Å². The predicted octanol–water partition coefficient (Wildman–Crippen LogP) is 3.85. The Balaban J connectivity index is 1.63. The van der Waals surface area contributed by atoms with Crippen molar-refractivity contribution in [2.45, 2.75) is 20.0 Å². The largest absolute Gasteiger partial charge is 0.308 e. The number of amides is 1. The number of benzene rings is 1. The summed E-state index contributed by atoms with van der Waals surface area (Å²) in [5.41, 5.74) is 0.868.